The van der Waals surface area contributed by atoms with Gasteiger partial charge in [0.05, 0.1) is 17.6 Å². The molecule has 1 aromatic carbocycles. The van der Waals surface area contributed by atoms with Crippen LogP contribution in [0.1, 0.15) is 25.5 Å². The van der Waals surface area contributed by atoms with Crippen LogP contribution in [0.5, 0.6) is 0 Å². The highest BCUT2D eigenvalue weighted by Crippen LogP contribution is 2.23. The van der Waals surface area contributed by atoms with E-state index in [0.29, 0.717) is 12.2 Å². The summed E-state index contributed by atoms with van der Waals surface area (Å²) in [6.07, 6.45) is -0.448. The van der Waals surface area contributed by atoms with Crippen molar-refractivity contribution in [1.82, 2.24) is 4.90 Å². The van der Waals surface area contributed by atoms with Gasteiger partial charge in [-0.15, -0.1) is 0 Å². The maximum Gasteiger partial charge on any atom is 0.409 e. The summed E-state index contributed by atoms with van der Waals surface area (Å²) in [4.78, 5) is 23.2. The maximum absolute atomic E-state index is 11.5. The molecule has 0 aliphatic carbocycles. The number of nitrogens with zero attached hydrogens (tertiary/aromatic N) is 2. The van der Waals surface area contributed by atoms with Crippen LogP contribution in [0.3, 0.4) is 0 Å². The quantitative estimate of drug-likeness (QED) is 0.610. The number of hydrogen-bond donors (Lipinski definition) is 0. The van der Waals surface area contributed by atoms with Crippen molar-refractivity contribution in [3.8, 4) is 0 Å². The molecular formula is C12H16N2O4. The highest BCUT2D eigenvalue weighted by molar-refractivity contribution is 5.67. The van der Waals surface area contributed by atoms with Gasteiger partial charge in [-0.3, -0.25) is 10.1 Å². The molecule has 0 fully saturated rings. The van der Waals surface area contributed by atoms with E-state index in [-0.39, 0.29) is 11.7 Å². The van der Waals surface area contributed by atoms with Gasteiger partial charge < -0.3 is 9.64 Å². The molecule has 0 saturated carbocycles. The molecule has 0 aliphatic heterocycles. The number of hydrogen-bond acceptors (Lipinski definition) is 4. The molecule has 1 amide bonds. The minimum atomic E-state index is -0.458. The molecule has 6 nitrogen and oxygen atoms in total. The largest absolute Gasteiger partial charge is 0.450 e. The van der Waals surface area contributed by atoms with Crippen LogP contribution in [0.2, 0.25) is 0 Å². The van der Waals surface area contributed by atoms with Gasteiger partial charge in [0.2, 0.25) is 0 Å². The predicted octanol–water partition coefficient (Wildman–Crippen LogP) is 2.74. The van der Waals surface area contributed by atoms with E-state index >= 15 is 0 Å². The molecule has 0 radical (unpaired) electrons. The number of nitro benzene ring substituents is 1. The number of benzene rings is 1. The third-order valence-corrected chi connectivity index (χ3v) is 2.70. The second-order valence-corrected chi connectivity index (χ2v) is 3.84. The van der Waals surface area contributed by atoms with Crippen molar-refractivity contribution in [1.29, 1.82) is 0 Å². The third kappa shape index (κ3) is 3.19. The molecule has 0 N–H and O–H groups in total. The second kappa shape index (κ2) is 6.00. The molecule has 1 aromatic rings. The molecule has 0 aliphatic rings. The Morgan fingerprint density at radius 2 is 2.22 bits per heavy atom. The van der Waals surface area contributed by atoms with Crippen molar-refractivity contribution >= 4 is 11.8 Å². The summed E-state index contributed by atoms with van der Waals surface area (Å²) in [5, 5.41) is 10.7. The van der Waals surface area contributed by atoms with Crippen LogP contribution in [0.4, 0.5) is 10.5 Å². The first-order valence-electron chi connectivity index (χ1n) is 5.61. The first-order chi connectivity index (χ1) is 8.47. The smallest absolute Gasteiger partial charge is 0.409 e. The Hall–Kier alpha value is -2.11. The van der Waals surface area contributed by atoms with Crippen LogP contribution < -0.4 is 0 Å². The van der Waals surface area contributed by atoms with Gasteiger partial charge in [0.15, 0.2) is 0 Å². The van der Waals surface area contributed by atoms with E-state index in [4.69, 9.17) is 4.74 Å². The Morgan fingerprint density at radius 1 is 1.56 bits per heavy atom. The normalized spacial score (nSPS) is 11.7. The van der Waals surface area contributed by atoms with E-state index in [0.717, 1.165) is 0 Å². The Bertz CT molecular complexity index is 447. The molecule has 6 heteroatoms. The molecule has 0 bridgehead atoms. The van der Waals surface area contributed by atoms with Gasteiger partial charge in [-0.05, 0) is 19.4 Å². The van der Waals surface area contributed by atoms with Gasteiger partial charge in [0, 0.05) is 19.2 Å². The van der Waals surface area contributed by atoms with Gasteiger partial charge >= 0.3 is 6.09 Å². The average molecular weight is 252 g/mol. The lowest BCUT2D eigenvalue weighted by Gasteiger charge is -2.24. The molecule has 18 heavy (non-hydrogen) atoms. The van der Waals surface area contributed by atoms with E-state index in [1.807, 2.05) is 0 Å². The molecule has 0 heterocycles. The lowest BCUT2D eigenvalue weighted by atomic mass is 10.1. The van der Waals surface area contributed by atoms with E-state index in [1.54, 1.807) is 33.0 Å². The minimum absolute atomic E-state index is 0.0107. The number of carbonyl (C=O) groups is 1. The molecule has 98 valence electrons. The highest BCUT2D eigenvalue weighted by Gasteiger charge is 2.19. The number of carbonyl (C=O) groups excluding carboxylic acids is 1. The molecule has 0 spiro atoms. The summed E-state index contributed by atoms with van der Waals surface area (Å²) in [6, 6.07) is 5.93. The van der Waals surface area contributed by atoms with Gasteiger partial charge in [-0.2, -0.15) is 0 Å². The minimum Gasteiger partial charge on any atom is -0.450 e. The van der Waals surface area contributed by atoms with Gasteiger partial charge in [-0.1, -0.05) is 12.1 Å². The third-order valence-electron chi connectivity index (χ3n) is 2.70. The number of non-ortho nitro benzene ring substituents is 1. The maximum atomic E-state index is 11.5. The van der Waals surface area contributed by atoms with Crippen LogP contribution in [-0.2, 0) is 4.74 Å². The van der Waals surface area contributed by atoms with E-state index in [9.17, 15) is 14.9 Å². The van der Waals surface area contributed by atoms with E-state index in [2.05, 4.69) is 0 Å². The molecule has 1 atom stereocenters. The fourth-order valence-electron chi connectivity index (χ4n) is 1.51. The summed E-state index contributed by atoms with van der Waals surface area (Å²) in [6.45, 7) is 3.81. The molecule has 1 rings (SSSR count). The van der Waals surface area contributed by atoms with E-state index < -0.39 is 11.0 Å². The molecule has 1 unspecified atom stereocenters. The van der Waals surface area contributed by atoms with Crippen molar-refractivity contribution in [2.45, 2.75) is 19.9 Å². The van der Waals surface area contributed by atoms with Crippen molar-refractivity contribution in [2.75, 3.05) is 13.7 Å². The highest BCUT2D eigenvalue weighted by atomic mass is 16.6. The van der Waals surface area contributed by atoms with Crippen LogP contribution in [-0.4, -0.2) is 29.6 Å². The Kier molecular flexibility index (Phi) is 4.65. The van der Waals surface area contributed by atoms with E-state index in [1.165, 1.54) is 17.0 Å². The second-order valence-electron chi connectivity index (χ2n) is 3.84. The fraction of sp³-hybridized carbons (Fsp3) is 0.417. The van der Waals surface area contributed by atoms with Gasteiger partial charge in [0.1, 0.15) is 0 Å². The molecule has 0 aromatic heterocycles. The van der Waals surface area contributed by atoms with Crippen molar-refractivity contribution in [3.05, 3.63) is 39.9 Å². The lowest BCUT2D eigenvalue weighted by molar-refractivity contribution is -0.384. The standard InChI is InChI=1S/C12H16N2O4/c1-4-18-12(15)13(3)9(2)10-6-5-7-11(8-10)14(16)17/h5-9H,4H2,1-3H3. The SMILES string of the molecule is CCOC(=O)N(C)C(C)c1cccc([N+](=O)[O-])c1. The van der Waals surface area contributed by atoms with Crippen molar-refractivity contribution in [3.63, 3.8) is 0 Å². The number of rotatable bonds is 4. The number of amides is 1. The fourth-order valence-corrected chi connectivity index (χ4v) is 1.51. The summed E-state index contributed by atoms with van der Waals surface area (Å²) in [7, 11) is 1.60. The zero-order valence-electron chi connectivity index (χ0n) is 10.6. The predicted molar refractivity (Wildman–Crippen MR) is 66.3 cm³/mol. The van der Waals surface area contributed by atoms with Gasteiger partial charge in [0.25, 0.3) is 5.69 Å². The van der Waals surface area contributed by atoms with Crippen molar-refractivity contribution < 1.29 is 14.5 Å². The van der Waals surface area contributed by atoms with Crippen LogP contribution in [0, 0.1) is 10.1 Å². The number of ether oxygens (including phenoxy) is 1. The van der Waals surface area contributed by atoms with Gasteiger partial charge in [-0.25, -0.2) is 4.79 Å². The summed E-state index contributed by atoms with van der Waals surface area (Å²) in [5.41, 5.74) is 0.705. The summed E-state index contributed by atoms with van der Waals surface area (Å²) < 4.78 is 4.88. The van der Waals surface area contributed by atoms with Crippen LogP contribution in [0.15, 0.2) is 24.3 Å². The molecular weight excluding hydrogens is 236 g/mol. The summed E-state index contributed by atoms with van der Waals surface area (Å²) in [5.74, 6) is 0. The Balaban J connectivity index is 2.89. The first-order valence-corrected chi connectivity index (χ1v) is 5.61. The number of nitro groups is 1. The zero-order valence-corrected chi connectivity index (χ0v) is 10.6. The average Bonchev–Trinajstić information content (AvgIpc) is 2.37. The zero-order chi connectivity index (χ0) is 13.7. The van der Waals surface area contributed by atoms with Crippen molar-refractivity contribution in [2.24, 2.45) is 0 Å². The first kappa shape index (κ1) is 14.0. The van der Waals surface area contributed by atoms with Crippen LogP contribution >= 0.6 is 0 Å². The van der Waals surface area contributed by atoms with Crippen LogP contribution in [0.25, 0.3) is 0 Å². The lowest BCUT2D eigenvalue weighted by Crippen LogP contribution is -2.30. The molecule has 0 saturated heterocycles. The monoisotopic (exact) mass is 252 g/mol. The summed E-state index contributed by atoms with van der Waals surface area (Å²) >= 11 is 0. The topological polar surface area (TPSA) is 72.7 Å². The Morgan fingerprint density at radius 3 is 2.78 bits per heavy atom. The Labute approximate surface area is 105 Å².